The average Bonchev–Trinajstić information content (AvgIpc) is 2.89. The lowest BCUT2D eigenvalue weighted by Gasteiger charge is -2.13. The normalized spacial score (nSPS) is 11.8. The van der Waals surface area contributed by atoms with Crippen LogP contribution in [0, 0.1) is 0 Å². The Morgan fingerprint density at radius 1 is 1.09 bits per heavy atom. The van der Waals surface area contributed by atoms with Gasteiger partial charge in [0.1, 0.15) is 12.4 Å². The zero-order valence-electron chi connectivity index (χ0n) is 11.2. The highest BCUT2D eigenvalue weighted by Crippen LogP contribution is 2.36. The molecule has 0 aliphatic heterocycles. The van der Waals surface area contributed by atoms with E-state index in [9.17, 15) is 13.2 Å². The Morgan fingerprint density at radius 3 is 2.64 bits per heavy atom. The zero-order chi connectivity index (χ0) is 15.7. The fourth-order valence-corrected chi connectivity index (χ4v) is 2.05. The SMILES string of the molecule is Nc1cccn2c(COc3ccccc3C(F)(F)F)nnc12. The number of aromatic nitrogens is 3. The number of para-hydroxylation sites is 1. The first-order valence-corrected chi connectivity index (χ1v) is 6.34. The highest BCUT2D eigenvalue weighted by molar-refractivity contribution is 5.63. The first-order chi connectivity index (χ1) is 10.5. The summed E-state index contributed by atoms with van der Waals surface area (Å²) in [5, 5.41) is 7.78. The number of benzene rings is 1. The van der Waals surface area contributed by atoms with Crippen molar-refractivity contribution in [1.29, 1.82) is 0 Å². The van der Waals surface area contributed by atoms with Gasteiger partial charge in [0.25, 0.3) is 0 Å². The van der Waals surface area contributed by atoms with Crippen molar-refractivity contribution in [1.82, 2.24) is 14.6 Å². The predicted octanol–water partition coefficient (Wildman–Crippen LogP) is 2.91. The lowest BCUT2D eigenvalue weighted by Crippen LogP contribution is -2.09. The molecule has 0 aliphatic rings. The highest BCUT2D eigenvalue weighted by atomic mass is 19.4. The lowest BCUT2D eigenvalue weighted by molar-refractivity contribution is -0.139. The van der Waals surface area contributed by atoms with E-state index in [0.717, 1.165) is 6.07 Å². The molecule has 1 aromatic carbocycles. The minimum atomic E-state index is -4.48. The van der Waals surface area contributed by atoms with Crippen LogP contribution in [0.2, 0.25) is 0 Å². The molecule has 0 amide bonds. The van der Waals surface area contributed by atoms with Crippen molar-refractivity contribution in [3.05, 3.63) is 54.0 Å². The van der Waals surface area contributed by atoms with Crippen LogP contribution < -0.4 is 10.5 Å². The third kappa shape index (κ3) is 2.54. The van der Waals surface area contributed by atoms with E-state index in [0.29, 0.717) is 17.2 Å². The molecule has 2 N–H and O–H groups in total. The summed E-state index contributed by atoms with van der Waals surface area (Å²) in [6.45, 7) is -0.155. The number of nitrogens with two attached hydrogens (primary N) is 1. The summed E-state index contributed by atoms with van der Waals surface area (Å²) in [6, 6.07) is 8.37. The molecule has 0 saturated heterocycles. The Hall–Kier alpha value is -2.77. The number of pyridine rings is 1. The van der Waals surface area contributed by atoms with Gasteiger partial charge in [-0.1, -0.05) is 12.1 Å². The molecule has 0 aliphatic carbocycles. The Kier molecular flexibility index (Phi) is 3.36. The van der Waals surface area contributed by atoms with Crippen molar-refractivity contribution in [2.75, 3.05) is 5.73 Å². The Bertz CT molecular complexity index is 813. The standard InChI is InChI=1S/C14H11F3N4O/c15-14(16,17)9-4-1-2-6-11(9)22-8-12-19-20-13-10(18)5-3-7-21(12)13/h1-7H,8,18H2. The van der Waals surface area contributed by atoms with E-state index >= 15 is 0 Å². The van der Waals surface area contributed by atoms with Gasteiger partial charge in [0.05, 0.1) is 11.3 Å². The molecular formula is C14H11F3N4O. The van der Waals surface area contributed by atoms with Gasteiger partial charge in [0.2, 0.25) is 0 Å². The maximum absolute atomic E-state index is 12.9. The molecule has 3 rings (SSSR count). The first kappa shape index (κ1) is 14.2. The summed E-state index contributed by atoms with van der Waals surface area (Å²) in [6.07, 6.45) is -2.81. The van der Waals surface area contributed by atoms with Gasteiger partial charge >= 0.3 is 6.18 Å². The van der Waals surface area contributed by atoms with Gasteiger partial charge in [-0.25, -0.2) is 0 Å². The zero-order valence-corrected chi connectivity index (χ0v) is 11.2. The Labute approximate surface area is 123 Å². The predicted molar refractivity (Wildman–Crippen MR) is 73.2 cm³/mol. The minimum Gasteiger partial charge on any atom is -0.485 e. The molecule has 2 heterocycles. The molecule has 0 radical (unpaired) electrons. The number of nitrogens with zero attached hydrogens (tertiary/aromatic N) is 3. The first-order valence-electron chi connectivity index (χ1n) is 6.34. The second-order valence-electron chi connectivity index (χ2n) is 4.56. The van der Waals surface area contributed by atoms with Crippen LogP contribution in [0.3, 0.4) is 0 Å². The van der Waals surface area contributed by atoms with Crippen LogP contribution in [-0.4, -0.2) is 14.6 Å². The molecule has 0 unspecified atom stereocenters. The molecule has 22 heavy (non-hydrogen) atoms. The molecule has 0 atom stereocenters. The molecule has 0 saturated carbocycles. The molecule has 114 valence electrons. The molecule has 5 nitrogen and oxygen atoms in total. The molecule has 0 bridgehead atoms. The van der Waals surface area contributed by atoms with E-state index < -0.39 is 11.7 Å². The van der Waals surface area contributed by atoms with E-state index in [-0.39, 0.29) is 12.4 Å². The van der Waals surface area contributed by atoms with Gasteiger partial charge in [-0.05, 0) is 24.3 Å². The molecular weight excluding hydrogens is 297 g/mol. The van der Waals surface area contributed by atoms with Gasteiger partial charge in [0.15, 0.2) is 11.5 Å². The number of hydrogen-bond donors (Lipinski definition) is 1. The topological polar surface area (TPSA) is 65.4 Å². The van der Waals surface area contributed by atoms with Crippen molar-refractivity contribution in [3.8, 4) is 5.75 Å². The van der Waals surface area contributed by atoms with Crippen LogP contribution in [0.25, 0.3) is 5.65 Å². The number of alkyl halides is 3. The van der Waals surface area contributed by atoms with E-state index in [4.69, 9.17) is 10.5 Å². The van der Waals surface area contributed by atoms with Gasteiger partial charge in [-0.2, -0.15) is 13.2 Å². The van der Waals surface area contributed by atoms with Gasteiger partial charge in [-0.3, -0.25) is 4.40 Å². The van der Waals surface area contributed by atoms with E-state index in [1.165, 1.54) is 18.2 Å². The summed E-state index contributed by atoms with van der Waals surface area (Å²) in [5.41, 5.74) is 5.78. The van der Waals surface area contributed by atoms with Crippen molar-refractivity contribution < 1.29 is 17.9 Å². The summed E-state index contributed by atoms with van der Waals surface area (Å²) in [7, 11) is 0. The second-order valence-corrected chi connectivity index (χ2v) is 4.56. The quantitative estimate of drug-likeness (QED) is 0.808. The largest absolute Gasteiger partial charge is 0.485 e. The van der Waals surface area contributed by atoms with Crippen LogP contribution in [-0.2, 0) is 12.8 Å². The fraction of sp³-hybridized carbons (Fsp3) is 0.143. The molecule has 2 aromatic heterocycles. The Balaban J connectivity index is 1.88. The maximum atomic E-state index is 12.9. The van der Waals surface area contributed by atoms with E-state index in [1.807, 2.05) is 0 Å². The number of rotatable bonds is 3. The number of halogens is 3. The van der Waals surface area contributed by atoms with Crippen LogP contribution in [0.4, 0.5) is 18.9 Å². The second kappa shape index (κ2) is 5.21. The van der Waals surface area contributed by atoms with Crippen molar-refractivity contribution in [3.63, 3.8) is 0 Å². The summed E-state index contributed by atoms with van der Waals surface area (Å²) < 4.78 is 45.5. The van der Waals surface area contributed by atoms with Crippen LogP contribution in [0.1, 0.15) is 11.4 Å². The third-order valence-electron chi connectivity index (χ3n) is 3.08. The number of fused-ring (bicyclic) bond motifs is 1. The number of hydrogen-bond acceptors (Lipinski definition) is 4. The minimum absolute atomic E-state index is 0.155. The number of nitrogen functional groups attached to an aromatic ring is 1. The highest BCUT2D eigenvalue weighted by Gasteiger charge is 2.34. The molecule has 3 aromatic rings. The monoisotopic (exact) mass is 308 g/mol. The fourth-order valence-electron chi connectivity index (χ4n) is 2.05. The van der Waals surface area contributed by atoms with Crippen molar-refractivity contribution in [2.45, 2.75) is 12.8 Å². The lowest BCUT2D eigenvalue weighted by atomic mass is 10.2. The third-order valence-corrected chi connectivity index (χ3v) is 3.08. The van der Waals surface area contributed by atoms with Gasteiger partial charge < -0.3 is 10.5 Å². The number of ether oxygens (including phenoxy) is 1. The van der Waals surface area contributed by atoms with Crippen LogP contribution in [0.5, 0.6) is 5.75 Å². The van der Waals surface area contributed by atoms with Crippen molar-refractivity contribution in [2.24, 2.45) is 0 Å². The van der Waals surface area contributed by atoms with Crippen molar-refractivity contribution >= 4 is 11.3 Å². The average molecular weight is 308 g/mol. The number of anilines is 1. The van der Waals surface area contributed by atoms with E-state index in [2.05, 4.69) is 10.2 Å². The summed E-state index contributed by atoms with van der Waals surface area (Å²) >= 11 is 0. The van der Waals surface area contributed by atoms with Gasteiger partial charge in [-0.15, -0.1) is 10.2 Å². The smallest absolute Gasteiger partial charge is 0.419 e. The molecule has 8 heteroatoms. The molecule has 0 spiro atoms. The van der Waals surface area contributed by atoms with Crippen LogP contribution in [0.15, 0.2) is 42.6 Å². The summed E-state index contributed by atoms with van der Waals surface area (Å²) in [4.78, 5) is 0. The molecule has 0 fully saturated rings. The summed E-state index contributed by atoms with van der Waals surface area (Å²) in [5.74, 6) is 0.106. The Morgan fingerprint density at radius 2 is 1.86 bits per heavy atom. The maximum Gasteiger partial charge on any atom is 0.419 e. The van der Waals surface area contributed by atoms with Gasteiger partial charge in [0, 0.05) is 6.20 Å². The van der Waals surface area contributed by atoms with E-state index in [1.54, 1.807) is 22.7 Å². The van der Waals surface area contributed by atoms with Crippen LogP contribution >= 0.6 is 0 Å².